The van der Waals surface area contributed by atoms with Gasteiger partial charge in [0.15, 0.2) is 0 Å². The largest absolute Gasteiger partial charge is 0.465 e. The number of furan rings is 1. The van der Waals surface area contributed by atoms with Crippen LogP contribution in [0.1, 0.15) is 35.0 Å². The highest BCUT2D eigenvalue weighted by molar-refractivity contribution is 6.29. The number of anilines is 1. The maximum Gasteiger partial charge on any atom is 0.256 e. The molecule has 3 aromatic rings. The van der Waals surface area contributed by atoms with Crippen molar-refractivity contribution in [2.24, 2.45) is 0 Å². The Morgan fingerprint density at radius 1 is 0.964 bits per heavy atom. The van der Waals surface area contributed by atoms with E-state index < -0.39 is 0 Å². The highest BCUT2D eigenvalue weighted by atomic mass is 16.3. The Labute approximate surface area is 164 Å². The molecular weight excluding hydrogens is 352 g/mol. The number of para-hydroxylation sites is 1. The van der Waals surface area contributed by atoms with Gasteiger partial charge in [0, 0.05) is 6.54 Å². The molecule has 2 aromatic carbocycles. The van der Waals surface area contributed by atoms with Crippen molar-refractivity contribution in [3.8, 4) is 0 Å². The number of hydrogen-bond acceptors (Lipinski definition) is 3. The van der Waals surface area contributed by atoms with Crippen LogP contribution in [0.4, 0.5) is 5.69 Å². The molecule has 0 aliphatic rings. The normalized spacial score (nSPS) is 11.1. The van der Waals surface area contributed by atoms with Gasteiger partial charge in [-0.25, -0.2) is 0 Å². The second-order valence-electron chi connectivity index (χ2n) is 6.20. The van der Waals surface area contributed by atoms with Crippen molar-refractivity contribution in [2.45, 2.75) is 13.3 Å². The van der Waals surface area contributed by atoms with Crippen LogP contribution < -0.4 is 10.6 Å². The van der Waals surface area contributed by atoms with Gasteiger partial charge < -0.3 is 15.1 Å². The summed E-state index contributed by atoms with van der Waals surface area (Å²) in [7, 11) is 0. The van der Waals surface area contributed by atoms with Gasteiger partial charge in [0.25, 0.3) is 11.8 Å². The molecule has 1 heterocycles. The van der Waals surface area contributed by atoms with E-state index in [1.807, 2.05) is 37.3 Å². The van der Waals surface area contributed by atoms with Crippen molar-refractivity contribution in [1.82, 2.24) is 5.32 Å². The van der Waals surface area contributed by atoms with E-state index in [1.54, 1.807) is 48.7 Å². The molecule has 0 aliphatic heterocycles. The molecule has 0 fully saturated rings. The molecular formula is C23H22N2O3. The Morgan fingerprint density at radius 3 is 2.43 bits per heavy atom. The zero-order chi connectivity index (χ0) is 19.8. The van der Waals surface area contributed by atoms with Crippen molar-refractivity contribution in [1.29, 1.82) is 0 Å². The predicted octanol–water partition coefficient (Wildman–Crippen LogP) is 4.60. The zero-order valence-electron chi connectivity index (χ0n) is 15.6. The van der Waals surface area contributed by atoms with Crippen LogP contribution >= 0.6 is 0 Å². The highest BCUT2D eigenvalue weighted by Crippen LogP contribution is 2.22. The lowest BCUT2D eigenvalue weighted by molar-refractivity contribution is -0.111. The molecule has 0 saturated heterocycles. The van der Waals surface area contributed by atoms with Gasteiger partial charge in [0.05, 0.1) is 23.1 Å². The fourth-order valence-electron chi connectivity index (χ4n) is 2.73. The van der Waals surface area contributed by atoms with Gasteiger partial charge in [0.1, 0.15) is 5.76 Å². The van der Waals surface area contributed by atoms with E-state index in [0.29, 0.717) is 29.1 Å². The molecule has 0 unspecified atom stereocenters. The van der Waals surface area contributed by atoms with E-state index in [0.717, 1.165) is 12.0 Å². The van der Waals surface area contributed by atoms with E-state index in [2.05, 4.69) is 10.6 Å². The van der Waals surface area contributed by atoms with Crippen molar-refractivity contribution < 1.29 is 14.0 Å². The van der Waals surface area contributed by atoms with Crippen molar-refractivity contribution in [2.75, 3.05) is 11.9 Å². The maximum atomic E-state index is 13.1. The van der Waals surface area contributed by atoms with Crippen molar-refractivity contribution in [3.63, 3.8) is 0 Å². The van der Waals surface area contributed by atoms with Gasteiger partial charge in [-0.05, 0) is 42.3 Å². The van der Waals surface area contributed by atoms with Gasteiger partial charge in [-0.15, -0.1) is 0 Å². The number of nitrogens with one attached hydrogen (secondary N) is 2. The topological polar surface area (TPSA) is 71.3 Å². The first kappa shape index (κ1) is 19.2. The van der Waals surface area contributed by atoms with Gasteiger partial charge >= 0.3 is 0 Å². The van der Waals surface area contributed by atoms with Crippen LogP contribution in [0, 0.1) is 0 Å². The molecule has 0 radical (unpaired) electrons. The minimum Gasteiger partial charge on any atom is -0.465 e. The van der Waals surface area contributed by atoms with E-state index in [9.17, 15) is 9.59 Å². The minimum atomic E-state index is -0.321. The van der Waals surface area contributed by atoms with Crippen LogP contribution in [-0.4, -0.2) is 18.4 Å². The first-order chi connectivity index (χ1) is 13.7. The van der Waals surface area contributed by atoms with Gasteiger partial charge in [-0.1, -0.05) is 49.4 Å². The SMILES string of the molecule is CCCNC(=O)c1ccccc1NC(=O)C(=Cc1ccco1)c1ccccc1. The molecule has 0 bridgehead atoms. The fourth-order valence-corrected chi connectivity index (χ4v) is 2.73. The van der Waals surface area contributed by atoms with Crippen LogP contribution in [0.2, 0.25) is 0 Å². The van der Waals surface area contributed by atoms with Gasteiger partial charge in [-0.2, -0.15) is 0 Å². The molecule has 2 N–H and O–H groups in total. The van der Waals surface area contributed by atoms with Crippen LogP contribution in [0.5, 0.6) is 0 Å². The third-order valence-corrected chi connectivity index (χ3v) is 4.11. The smallest absolute Gasteiger partial charge is 0.256 e. The van der Waals surface area contributed by atoms with Crippen molar-refractivity contribution in [3.05, 3.63) is 89.9 Å². The quantitative estimate of drug-likeness (QED) is 0.594. The number of carbonyl (C=O) groups excluding carboxylic acids is 2. The average molecular weight is 374 g/mol. The van der Waals surface area contributed by atoms with E-state index >= 15 is 0 Å². The number of hydrogen-bond donors (Lipinski definition) is 2. The predicted molar refractivity (Wildman–Crippen MR) is 111 cm³/mol. The van der Waals surface area contributed by atoms with Crippen molar-refractivity contribution >= 4 is 29.2 Å². The molecule has 1 aromatic heterocycles. The second-order valence-corrected chi connectivity index (χ2v) is 6.20. The monoisotopic (exact) mass is 374 g/mol. The van der Waals surface area contributed by atoms with Crippen LogP contribution in [0.15, 0.2) is 77.4 Å². The summed E-state index contributed by atoms with van der Waals surface area (Å²) in [5, 5.41) is 5.71. The van der Waals surface area contributed by atoms with Gasteiger partial charge in [0.2, 0.25) is 0 Å². The molecule has 5 nitrogen and oxygen atoms in total. The number of amides is 2. The second kappa shape index (κ2) is 9.37. The standard InChI is InChI=1S/C23H22N2O3/c1-2-14-24-22(26)19-12-6-7-13-21(19)25-23(27)20(16-18-11-8-15-28-18)17-9-4-3-5-10-17/h3-13,15-16H,2,14H2,1H3,(H,24,26)(H,25,27). The molecule has 0 atom stereocenters. The Balaban J connectivity index is 1.90. The van der Waals surface area contributed by atoms with E-state index in [-0.39, 0.29) is 11.8 Å². The van der Waals surface area contributed by atoms with Gasteiger partial charge in [-0.3, -0.25) is 9.59 Å². The molecule has 28 heavy (non-hydrogen) atoms. The fraction of sp³-hybridized carbons (Fsp3) is 0.130. The number of benzene rings is 2. The minimum absolute atomic E-state index is 0.214. The Bertz CT molecular complexity index is 961. The highest BCUT2D eigenvalue weighted by Gasteiger charge is 2.17. The summed E-state index contributed by atoms with van der Waals surface area (Å²) in [6.07, 6.45) is 4.08. The maximum absolute atomic E-state index is 13.1. The molecule has 0 saturated carbocycles. The zero-order valence-corrected chi connectivity index (χ0v) is 15.6. The molecule has 142 valence electrons. The molecule has 3 rings (SSSR count). The summed E-state index contributed by atoms with van der Waals surface area (Å²) in [6, 6.07) is 19.8. The lowest BCUT2D eigenvalue weighted by Crippen LogP contribution is -2.26. The summed E-state index contributed by atoms with van der Waals surface area (Å²) in [5.74, 6) is 0.0374. The number of rotatable bonds is 7. The Morgan fingerprint density at radius 2 is 1.71 bits per heavy atom. The summed E-state index contributed by atoms with van der Waals surface area (Å²) in [6.45, 7) is 2.56. The first-order valence-corrected chi connectivity index (χ1v) is 9.18. The van der Waals surface area contributed by atoms with Crippen LogP contribution in [0.3, 0.4) is 0 Å². The van der Waals surface area contributed by atoms with E-state index in [4.69, 9.17) is 4.42 Å². The van der Waals surface area contributed by atoms with Crippen LogP contribution in [-0.2, 0) is 4.79 Å². The summed E-state index contributed by atoms with van der Waals surface area (Å²) >= 11 is 0. The van der Waals surface area contributed by atoms with E-state index in [1.165, 1.54) is 0 Å². The lowest BCUT2D eigenvalue weighted by Gasteiger charge is -2.13. The molecule has 0 spiro atoms. The summed E-state index contributed by atoms with van der Waals surface area (Å²) in [5.41, 5.74) is 2.08. The third kappa shape index (κ3) is 4.76. The molecule has 2 amide bonds. The average Bonchev–Trinajstić information content (AvgIpc) is 3.24. The third-order valence-electron chi connectivity index (χ3n) is 4.11. The lowest BCUT2D eigenvalue weighted by atomic mass is 10.0. The molecule has 0 aliphatic carbocycles. The molecule has 5 heteroatoms. The Kier molecular flexibility index (Phi) is 6.41. The Hall–Kier alpha value is -3.60. The van der Waals surface area contributed by atoms with Crippen LogP contribution in [0.25, 0.3) is 11.6 Å². The summed E-state index contributed by atoms with van der Waals surface area (Å²) in [4.78, 5) is 25.5. The summed E-state index contributed by atoms with van der Waals surface area (Å²) < 4.78 is 5.37. The first-order valence-electron chi connectivity index (χ1n) is 9.18. The number of carbonyl (C=O) groups is 2.